The minimum atomic E-state index is -0.693. The van der Waals surface area contributed by atoms with Crippen molar-refractivity contribution in [1.82, 2.24) is 19.9 Å². The number of amides is 1. The van der Waals surface area contributed by atoms with Crippen LogP contribution >= 0.6 is 0 Å². The normalized spacial score (nSPS) is 13.8. The number of pyridine rings is 1. The van der Waals surface area contributed by atoms with E-state index in [1.807, 2.05) is 12.1 Å². The second-order valence-corrected chi connectivity index (χ2v) is 7.14. The van der Waals surface area contributed by atoms with Crippen LogP contribution in [0.25, 0.3) is 11.0 Å². The standard InChI is InChI=1S/C21H23N5O3/c1-2-26-17-7-6-15(11-16(17)24-20(28)21(26)29)19(27)23-13-14-5-8-18(22-12-14)25-9-3-4-10-25/h5-8,11-12H,2-4,9-10,13H2,1H3,(H,23,27)(H,24,28). The van der Waals surface area contributed by atoms with Crippen LogP contribution < -0.4 is 21.3 Å². The molecule has 2 aromatic heterocycles. The highest BCUT2D eigenvalue weighted by Crippen LogP contribution is 2.17. The summed E-state index contributed by atoms with van der Waals surface area (Å²) >= 11 is 0. The van der Waals surface area contributed by atoms with Crippen LogP contribution in [0.2, 0.25) is 0 Å². The van der Waals surface area contributed by atoms with Crippen LogP contribution in [0.5, 0.6) is 0 Å². The number of carbonyl (C=O) groups excluding carboxylic acids is 1. The Kier molecular flexibility index (Phi) is 5.16. The number of aryl methyl sites for hydroxylation is 1. The van der Waals surface area contributed by atoms with Crippen LogP contribution in [-0.4, -0.2) is 33.5 Å². The number of rotatable bonds is 5. The molecule has 0 bridgehead atoms. The Balaban J connectivity index is 1.48. The van der Waals surface area contributed by atoms with Crippen LogP contribution in [0.3, 0.4) is 0 Å². The fourth-order valence-electron chi connectivity index (χ4n) is 3.67. The lowest BCUT2D eigenvalue weighted by molar-refractivity contribution is 0.0951. The molecule has 1 amide bonds. The van der Waals surface area contributed by atoms with Crippen LogP contribution in [0, 0.1) is 0 Å². The van der Waals surface area contributed by atoms with Crippen molar-refractivity contribution in [3.63, 3.8) is 0 Å². The number of aromatic nitrogens is 3. The zero-order valence-electron chi connectivity index (χ0n) is 16.3. The summed E-state index contributed by atoms with van der Waals surface area (Å²) in [6.45, 7) is 4.61. The van der Waals surface area contributed by atoms with Gasteiger partial charge in [-0.25, -0.2) is 4.98 Å². The van der Waals surface area contributed by atoms with Gasteiger partial charge in [-0.1, -0.05) is 6.07 Å². The maximum atomic E-state index is 12.5. The number of hydrogen-bond acceptors (Lipinski definition) is 5. The Morgan fingerprint density at radius 2 is 1.97 bits per heavy atom. The molecule has 0 radical (unpaired) electrons. The Bertz CT molecular complexity index is 1160. The second-order valence-electron chi connectivity index (χ2n) is 7.14. The average molecular weight is 393 g/mol. The lowest BCUT2D eigenvalue weighted by atomic mass is 10.1. The first-order valence-corrected chi connectivity index (χ1v) is 9.82. The third-order valence-corrected chi connectivity index (χ3v) is 5.25. The highest BCUT2D eigenvalue weighted by Gasteiger charge is 2.14. The molecule has 29 heavy (non-hydrogen) atoms. The van der Waals surface area contributed by atoms with E-state index in [1.54, 1.807) is 31.3 Å². The molecule has 150 valence electrons. The summed E-state index contributed by atoms with van der Waals surface area (Å²) in [4.78, 5) is 45.6. The molecule has 1 aromatic carbocycles. The summed E-state index contributed by atoms with van der Waals surface area (Å²) in [5, 5.41) is 2.87. The smallest absolute Gasteiger partial charge is 0.316 e. The zero-order chi connectivity index (χ0) is 20.4. The van der Waals surface area contributed by atoms with Crippen molar-refractivity contribution in [2.75, 3.05) is 18.0 Å². The third-order valence-electron chi connectivity index (χ3n) is 5.25. The SMILES string of the molecule is CCn1c(=O)c(=O)[nH]c2cc(C(=O)NCc3ccc(N4CCCC4)nc3)ccc21. The van der Waals surface area contributed by atoms with E-state index in [1.165, 1.54) is 17.4 Å². The van der Waals surface area contributed by atoms with Gasteiger partial charge in [-0.15, -0.1) is 0 Å². The van der Waals surface area contributed by atoms with Crippen molar-refractivity contribution in [3.05, 3.63) is 68.4 Å². The summed E-state index contributed by atoms with van der Waals surface area (Å²) in [6.07, 6.45) is 4.18. The Morgan fingerprint density at radius 1 is 1.17 bits per heavy atom. The maximum absolute atomic E-state index is 12.5. The minimum absolute atomic E-state index is 0.259. The van der Waals surface area contributed by atoms with E-state index in [0.29, 0.717) is 29.7 Å². The first-order chi connectivity index (χ1) is 14.1. The Morgan fingerprint density at radius 3 is 2.66 bits per heavy atom. The molecule has 3 heterocycles. The quantitative estimate of drug-likeness (QED) is 0.642. The van der Waals surface area contributed by atoms with Crippen molar-refractivity contribution >= 4 is 22.8 Å². The van der Waals surface area contributed by atoms with Crippen molar-refractivity contribution < 1.29 is 4.79 Å². The zero-order valence-corrected chi connectivity index (χ0v) is 16.3. The first-order valence-electron chi connectivity index (χ1n) is 9.82. The van der Waals surface area contributed by atoms with E-state index in [2.05, 4.69) is 20.2 Å². The number of benzene rings is 1. The second kappa shape index (κ2) is 7.90. The van der Waals surface area contributed by atoms with Gasteiger partial charge in [0.25, 0.3) is 5.91 Å². The number of hydrogen-bond donors (Lipinski definition) is 2. The number of carbonyl (C=O) groups is 1. The molecule has 1 aliphatic heterocycles. The number of aromatic amines is 1. The lowest BCUT2D eigenvalue weighted by Gasteiger charge is -2.16. The number of anilines is 1. The molecule has 8 nitrogen and oxygen atoms in total. The van der Waals surface area contributed by atoms with E-state index in [9.17, 15) is 14.4 Å². The van der Waals surface area contributed by atoms with Crippen LogP contribution in [-0.2, 0) is 13.1 Å². The van der Waals surface area contributed by atoms with E-state index < -0.39 is 11.1 Å². The van der Waals surface area contributed by atoms with Crippen molar-refractivity contribution in [1.29, 1.82) is 0 Å². The van der Waals surface area contributed by atoms with Gasteiger partial charge >= 0.3 is 11.1 Å². The lowest BCUT2D eigenvalue weighted by Crippen LogP contribution is -2.36. The van der Waals surface area contributed by atoms with Gasteiger partial charge in [0, 0.05) is 37.9 Å². The topological polar surface area (TPSA) is 100 Å². The molecular formula is C21H23N5O3. The summed E-state index contributed by atoms with van der Waals surface area (Å²) in [6, 6.07) is 8.87. The molecular weight excluding hydrogens is 370 g/mol. The first kappa shape index (κ1) is 18.9. The molecule has 1 saturated heterocycles. The molecule has 4 rings (SSSR count). The maximum Gasteiger partial charge on any atom is 0.316 e. The van der Waals surface area contributed by atoms with E-state index in [0.717, 1.165) is 24.5 Å². The monoisotopic (exact) mass is 393 g/mol. The number of nitrogens with one attached hydrogen (secondary N) is 2. The highest BCUT2D eigenvalue weighted by atomic mass is 16.2. The van der Waals surface area contributed by atoms with Gasteiger partial charge in [-0.3, -0.25) is 14.4 Å². The molecule has 0 aliphatic carbocycles. The summed E-state index contributed by atoms with van der Waals surface area (Å²) in [5.74, 6) is 0.712. The number of fused-ring (bicyclic) bond motifs is 1. The molecule has 8 heteroatoms. The fraction of sp³-hybridized carbons (Fsp3) is 0.333. The van der Waals surface area contributed by atoms with Crippen LogP contribution in [0.1, 0.15) is 35.7 Å². The van der Waals surface area contributed by atoms with Gasteiger partial charge < -0.3 is 19.8 Å². The number of nitrogens with zero attached hydrogens (tertiary/aromatic N) is 3. The molecule has 2 N–H and O–H groups in total. The average Bonchev–Trinajstić information content (AvgIpc) is 3.28. The van der Waals surface area contributed by atoms with Gasteiger partial charge in [0.2, 0.25) is 0 Å². The predicted octanol–water partition coefficient (Wildman–Crippen LogP) is 1.63. The van der Waals surface area contributed by atoms with Crippen LogP contribution in [0.15, 0.2) is 46.1 Å². The molecule has 0 saturated carbocycles. The summed E-state index contributed by atoms with van der Waals surface area (Å²) < 4.78 is 1.39. The van der Waals surface area contributed by atoms with Gasteiger partial charge in [-0.2, -0.15) is 0 Å². The molecule has 0 unspecified atom stereocenters. The van der Waals surface area contributed by atoms with Crippen molar-refractivity contribution in [2.24, 2.45) is 0 Å². The Labute approximate surface area is 167 Å². The molecule has 1 fully saturated rings. The largest absolute Gasteiger partial charge is 0.357 e. The van der Waals surface area contributed by atoms with E-state index >= 15 is 0 Å². The molecule has 0 spiro atoms. The van der Waals surface area contributed by atoms with Crippen LogP contribution in [0.4, 0.5) is 5.82 Å². The molecule has 1 aliphatic rings. The van der Waals surface area contributed by atoms with Gasteiger partial charge in [0.05, 0.1) is 11.0 Å². The molecule has 3 aromatic rings. The van der Waals surface area contributed by atoms with E-state index in [-0.39, 0.29) is 5.91 Å². The summed E-state index contributed by atoms with van der Waals surface area (Å²) in [7, 11) is 0. The van der Waals surface area contributed by atoms with Crippen molar-refractivity contribution in [3.8, 4) is 0 Å². The highest BCUT2D eigenvalue weighted by molar-refractivity contribution is 5.97. The summed E-state index contributed by atoms with van der Waals surface area (Å²) in [5.41, 5.74) is 1.09. The third kappa shape index (κ3) is 3.78. The van der Waals surface area contributed by atoms with Crippen molar-refractivity contribution in [2.45, 2.75) is 32.9 Å². The molecule has 0 atom stereocenters. The predicted molar refractivity (Wildman–Crippen MR) is 111 cm³/mol. The fourth-order valence-corrected chi connectivity index (χ4v) is 3.67. The van der Waals surface area contributed by atoms with Gasteiger partial charge in [0.15, 0.2) is 0 Å². The minimum Gasteiger partial charge on any atom is -0.357 e. The number of H-pyrrole nitrogens is 1. The van der Waals surface area contributed by atoms with Gasteiger partial charge in [-0.05, 0) is 49.6 Å². The van der Waals surface area contributed by atoms with E-state index in [4.69, 9.17) is 0 Å². The van der Waals surface area contributed by atoms with Gasteiger partial charge in [0.1, 0.15) is 5.82 Å². The Hall–Kier alpha value is -3.42.